The fourth-order valence-electron chi connectivity index (χ4n) is 5.63. The van der Waals surface area contributed by atoms with Crippen LogP contribution in [0.5, 0.6) is 0 Å². The molecule has 2 aliphatic heterocycles. The molecule has 0 aliphatic carbocycles. The maximum Gasteiger partial charge on any atom is 0.128 e. The van der Waals surface area contributed by atoms with Crippen LogP contribution in [-0.2, 0) is 22.7 Å². The van der Waals surface area contributed by atoms with Crippen LogP contribution in [0.4, 0.5) is 17.6 Å². The molecule has 0 spiro atoms. The van der Waals surface area contributed by atoms with Gasteiger partial charge in [0.2, 0.25) is 0 Å². The van der Waals surface area contributed by atoms with Crippen molar-refractivity contribution in [2.24, 2.45) is 0 Å². The lowest BCUT2D eigenvalue weighted by atomic mass is 10.1. The second-order valence-electron chi connectivity index (χ2n) is 11.6. The number of benzene rings is 2. The van der Waals surface area contributed by atoms with Gasteiger partial charge < -0.3 is 19.4 Å². The molecular weight excluding hydrogens is 620 g/mol. The third kappa shape index (κ3) is 6.85. The Morgan fingerprint density at radius 1 is 0.604 bits per heavy atom. The van der Waals surface area contributed by atoms with Crippen LogP contribution < -0.4 is 0 Å². The van der Waals surface area contributed by atoms with Crippen LogP contribution in [0.15, 0.2) is 72.8 Å². The summed E-state index contributed by atoms with van der Waals surface area (Å²) in [5, 5.41) is 0. The molecule has 6 nitrogen and oxygen atoms in total. The number of ether oxygens (including phenoxy) is 2. The van der Waals surface area contributed by atoms with Crippen molar-refractivity contribution in [3.05, 3.63) is 141 Å². The van der Waals surface area contributed by atoms with E-state index in [-0.39, 0.29) is 30.4 Å². The fraction of sp³-hybridized carbons (Fsp3) is 0.158. The molecule has 0 saturated carbocycles. The highest BCUT2D eigenvalue weighted by atomic mass is 19.1. The Bertz CT molecular complexity index is 2310. The van der Waals surface area contributed by atoms with Crippen molar-refractivity contribution in [3.8, 4) is 0 Å². The predicted octanol–water partition coefficient (Wildman–Crippen LogP) is 9.77. The number of nitrogens with one attached hydrogen (secondary N) is 2. The summed E-state index contributed by atoms with van der Waals surface area (Å²) in [6.07, 6.45) is 6.21. The Kier molecular flexibility index (Phi) is 8.17. The molecule has 0 saturated heterocycles. The highest BCUT2D eigenvalue weighted by molar-refractivity contribution is 5.79. The summed E-state index contributed by atoms with van der Waals surface area (Å²) in [5.41, 5.74) is 6.46. The summed E-state index contributed by atoms with van der Waals surface area (Å²) in [6.45, 7) is 3.20. The minimum Gasteiger partial charge on any atom is -0.369 e. The first-order valence-corrected chi connectivity index (χ1v) is 15.3. The van der Waals surface area contributed by atoms with Gasteiger partial charge >= 0.3 is 0 Å². The average Bonchev–Trinajstić information content (AvgIpc) is 3.86. The molecule has 7 rings (SSSR count). The Morgan fingerprint density at radius 2 is 1.10 bits per heavy atom. The quantitative estimate of drug-likeness (QED) is 0.161. The molecule has 2 N–H and O–H groups in total. The molecule has 242 valence electrons. The van der Waals surface area contributed by atoms with Gasteiger partial charge in [0.15, 0.2) is 0 Å². The average molecular weight is 652 g/mol. The molecule has 0 fully saturated rings. The number of hydrogen-bond acceptors (Lipinski definition) is 4. The largest absolute Gasteiger partial charge is 0.369 e. The van der Waals surface area contributed by atoms with Crippen LogP contribution in [-0.4, -0.2) is 19.9 Å². The fourth-order valence-corrected chi connectivity index (χ4v) is 5.63. The molecule has 2 unspecified atom stereocenters. The summed E-state index contributed by atoms with van der Waals surface area (Å²) in [5.74, 6) is -2.29. The lowest BCUT2D eigenvalue weighted by Gasteiger charge is -2.13. The van der Waals surface area contributed by atoms with Gasteiger partial charge in [-0.2, -0.15) is 0 Å². The molecule has 10 heteroatoms. The maximum absolute atomic E-state index is 14.4. The Hall–Kier alpha value is -5.32. The zero-order chi connectivity index (χ0) is 34.2. The summed E-state index contributed by atoms with van der Waals surface area (Å²) >= 11 is 0. The molecule has 48 heavy (non-hydrogen) atoms. The van der Waals surface area contributed by atoms with Crippen molar-refractivity contribution in [1.29, 1.82) is 0 Å². The number of hydrogen-bond donors (Lipinski definition) is 2. The number of aromatic amines is 2. The van der Waals surface area contributed by atoms with Gasteiger partial charge in [-0.05, 0) is 111 Å². The van der Waals surface area contributed by atoms with E-state index < -0.39 is 35.5 Å². The number of nitrogens with zero attached hydrogens (tertiary/aromatic N) is 2. The normalized spacial score (nSPS) is 13.9. The highest BCUT2D eigenvalue weighted by Gasteiger charge is 2.16. The van der Waals surface area contributed by atoms with E-state index in [1.807, 2.05) is 55.5 Å². The van der Waals surface area contributed by atoms with E-state index in [2.05, 4.69) is 15.0 Å². The molecule has 0 radical (unpaired) electrons. The van der Waals surface area contributed by atoms with Gasteiger partial charge in [0, 0.05) is 44.3 Å². The van der Waals surface area contributed by atoms with Crippen molar-refractivity contribution in [2.75, 3.05) is 0 Å². The SMILES string of the molecule is [2H]c1c(C(C)OCc2cc(F)ccc2F)c2cc3cc(C(C)OCc4cc(F)ccc4F)c(cc4nc(cc5nc(cc1[nH]2)C=C5)C=C4)[nH]3. The summed E-state index contributed by atoms with van der Waals surface area (Å²) in [6, 6.07) is 15.8. The molecule has 8 bridgehead atoms. The van der Waals surface area contributed by atoms with Gasteiger partial charge in [0.1, 0.15) is 23.3 Å². The monoisotopic (exact) mass is 651 g/mol. The second-order valence-corrected chi connectivity index (χ2v) is 11.6. The van der Waals surface area contributed by atoms with Crippen LogP contribution in [0.1, 0.15) is 72.5 Å². The van der Waals surface area contributed by atoms with Crippen LogP contribution in [0.25, 0.3) is 46.4 Å². The van der Waals surface area contributed by atoms with Gasteiger partial charge in [0.05, 0.1) is 49.6 Å². The molecule has 2 aliphatic rings. The maximum atomic E-state index is 14.4. The van der Waals surface area contributed by atoms with E-state index in [1.54, 1.807) is 13.0 Å². The van der Waals surface area contributed by atoms with Crippen LogP contribution in [0.3, 0.4) is 0 Å². The van der Waals surface area contributed by atoms with Crippen molar-refractivity contribution in [2.45, 2.75) is 39.3 Å². The number of aromatic nitrogens is 4. The van der Waals surface area contributed by atoms with Gasteiger partial charge in [-0.1, -0.05) is 0 Å². The molecule has 3 aromatic heterocycles. The van der Waals surface area contributed by atoms with E-state index in [1.165, 1.54) is 0 Å². The third-order valence-corrected chi connectivity index (χ3v) is 8.11. The van der Waals surface area contributed by atoms with Gasteiger partial charge in [0.25, 0.3) is 0 Å². The van der Waals surface area contributed by atoms with Gasteiger partial charge in [-0.15, -0.1) is 0 Å². The highest BCUT2D eigenvalue weighted by Crippen LogP contribution is 2.30. The van der Waals surface area contributed by atoms with Gasteiger partial charge in [-0.3, -0.25) is 0 Å². The van der Waals surface area contributed by atoms with Crippen molar-refractivity contribution < 1.29 is 28.4 Å². The van der Waals surface area contributed by atoms with Crippen molar-refractivity contribution in [1.82, 2.24) is 19.9 Å². The number of rotatable bonds is 8. The van der Waals surface area contributed by atoms with E-state index in [9.17, 15) is 17.6 Å². The van der Waals surface area contributed by atoms with E-state index in [4.69, 9.17) is 15.8 Å². The zero-order valence-corrected chi connectivity index (χ0v) is 26.0. The Morgan fingerprint density at radius 3 is 1.71 bits per heavy atom. The standard InChI is InChI=1S/C38H30F4N4O2/c1-21(47-19-23-11-25(39)3-9-35(23)41)33-15-31-14-29-6-5-27(43-29)13-28-7-8-30(44-28)17-37-34(16-32(46-37)18-38(33)45-31)22(2)48-20-24-12-26(40)4-10-36(24)42/h3-18,21-22,45-46H,19-20H2,1-2H3/i15D. The Labute approximate surface area is 274 Å². The summed E-state index contributed by atoms with van der Waals surface area (Å²) in [7, 11) is 0. The number of H-pyrrole nitrogens is 2. The first kappa shape index (κ1) is 30.0. The molecule has 0 amide bonds. The summed E-state index contributed by atoms with van der Waals surface area (Å²) < 4.78 is 77.6. The van der Waals surface area contributed by atoms with Crippen LogP contribution >= 0.6 is 0 Å². The van der Waals surface area contributed by atoms with Crippen molar-refractivity contribution >= 4 is 46.4 Å². The molecule has 5 aromatic rings. The topological polar surface area (TPSA) is 75.8 Å². The minimum atomic E-state index is -0.700. The smallest absolute Gasteiger partial charge is 0.128 e. The van der Waals surface area contributed by atoms with Crippen molar-refractivity contribution in [3.63, 3.8) is 0 Å². The lowest BCUT2D eigenvalue weighted by Crippen LogP contribution is -2.02. The summed E-state index contributed by atoms with van der Waals surface area (Å²) in [4.78, 5) is 16.1. The molecule has 5 heterocycles. The third-order valence-electron chi connectivity index (χ3n) is 8.11. The van der Waals surface area contributed by atoms with E-state index in [0.29, 0.717) is 50.4 Å². The van der Waals surface area contributed by atoms with Crippen LogP contribution in [0, 0.1) is 23.3 Å². The molecule has 2 atom stereocenters. The predicted molar refractivity (Wildman–Crippen MR) is 178 cm³/mol. The first-order valence-electron chi connectivity index (χ1n) is 15.8. The molecule has 2 aromatic carbocycles. The lowest BCUT2D eigenvalue weighted by molar-refractivity contribution is 0.0516. The van der Waals surface area contributed by atoms with Gasteiger partial charge in [-0.25, -0.2) is 27.5 Å². The zero-order valence-electron chi connectivity index (χ0n) is 27.0. The first-order chi connectivity index (χ1) is 23.6. The second kappa shape index (κ2) is 13.1. The Balaban J connectivity index is 1.35. The number of halogens is 4. The van der Waals surface area contributed by atoms with Crippen LogP contribution in [0.2, 0.25) is 0 Å². The molecular formula is C38H30F4N4O2. The van der Waals surface area contributed by atoms with E-state index in [0.717, 1.165) is 42.0 Å². The number of fused-ring (bicyclic) bond motifs is 8. The minimum absolute atomic E-state index is 0.0620. The van der Waals surface area contributed by atoms with E-state index >= 15 is 0 Å².